The summed E-state index contributed by atoms with van der Waals surface area (Å²) < 4.78 is 5.46. The van der Waals surface area contributed by atoms with E-state index in [2.05, 4.69) is 10.2 Å². The van der Waals surface area contributed by atoms with E-state index in [1.807, 2.05) is 43.3 Å². The standard InChI is InChI=1S/C20H31N3O2/c1-22(2)19-5-3-4-17(14-19)20(24)21-15-16-6-10-23(11-7-16)18-8-12-25-13-9-18/h3-5,14,16,18H,6-13,15H2,1-2H3,(H,21,24). The first-order chi connectivity index (χ1) is 12.1. The van der Waals surface area contributed by atoms with Crippen LogP contribution in [-0.2, 0) is 4.74 Å². The number of amides is 1. The van der Waals surface area contributed by atoms with Gasteiger partial charge in [0, 0.05) is 51.1 Å². The Labute approximate surface area is 151 Å². The lowest BCUT2D eigenvalue weighted by Gasteiger charge is -2.39. The molecule has 2 aliphatic heterocycles. The molecule has 0 aliphatic carbocycles. The predicted molar refractivity (Wildman–Crippen MR) is 101 cm³/mol. The summed E-state index contributed by atoms with van der Waals surface area (Å²) in [6.45, 7) is 4.91. The maximum atomic E-state index is 12.4. The van der Waals surface area contributed by atoms with Gasteiger partial charge in [-0.15, -0.1) is 0 Å². The van der Waals surface area contributed by atoms with E-state index in [1.165, 1.54) is 25.7 Å². The third kappa shape index (κ3) is 4.95. The molecule has 138 valence electrons. The van der Waals surface area contributed by atoms with Crippen molar-refractivity contribution < 1.29 is 9.53 Å². The summed E-state index contributed by atoms with van der Waals surface area (Å²) in [5.41, 5.74) is 1.79. The third-order valence-corrected chi connectivity index (χ3v) is 5.53. The lowest BCUT2D eigenvalue weighted by Crippen LogP contribution is -2.45. The van der Waals surface area contributed by atoms with Crippen LogP contribution in [0.1, 0.15) is 36.0 Å². The predicted octanol–water partition coefficient (Wildman–Crippen LogP) is 2.37. The number of benzene rings is 1. The van der Waals surface area contributed by atoms with Crippen molar-refractivity contribution in [3.05, 3.63) is 29.8 Å². The Morgan fingerprint density at radius 1 is 1.20 bits per heavy atom. The van der Waals surface area contributed by atoms with E-state index in [4.69, 9.17) is 4.74 Å². The van der Waals surface area contributed by atoms with Crippen LogP contribution in [0.2, 0.25) is 0 Å². The molecular weight excluding hydrogens is 314 g/mol. The molecule has 0 unspecified atom stereocenters. The number of ether oxygens (including phenoxy) is 1. The van der Waals surface area contributed by atoms with Gasteiger partial charge in [0.05, 0.1) is 0 Å². The van der Waals surface area contributed by atoms with E-state index in [1.54, 1.807) is 0 Å². The van der Waals surface area contributed by atoms with Gasteiger partial charge in [-0.05, 0) is 62.9 Å². The molecular formula is C20H31N3O2. The van der Waals surface area contributed by atoms with Gasteiger partial charge in [0.1, 0.15) is 0 Å². The summed E-state index contributed by atoms with van der Waals surface area (Å²) in [6, 6.07) is 8.50. The quantitative estimate of drug-likeness (QED) is 0.890. The second-order valence-corrected chi connectivity index (χ2v) is 7.48. The molecule has 0 saturated carbocycles. The van der Waals surface area contributed by atoms with Crippen LogP contribution in [0.4, 0.5) is 5.69 Å². The fourth-order valence-electron chi connectivity index (χ4n) is 3.84. The van der Waals surface area contributed by atoms with Crippen LogP contribution in [0.15, 0.2) is 24.3 Å². The zero-order valence-corrected chi connectivity index (χ0v) is 15.5. The van der Waals surface area contributed by atoms with E-state index in [-0.39, 0.29) is 5.91 Å². The molecule has 2 saturated heterocycles. The van der Waals surface area contributed by atoms with Gasteiger partial charge in [0.15, 0.2) is 0 Å². The van der Waals surface area contributed by atoms with E-state index >= 15 is 0 Å². The van der Waals surface area contributed by atoms with Crippen LogP contribution in [-0.4, -0.2) is 63.8 Å². The molecule has 2 aliphatic rings. The molecule has 0 spiro atoms. The van der Waals surface area contributed by atoms with Crippen molar-refractivity contribution >= 4 is 11.6 Å². The molecule has 2 fully saturated rings. The third-order valence-electron chi connectivity index (χ3n) is 5.53. The first-order valence-electron chi connectivity index (χ1n) is 9.51. The average Bonchev–Trinajstić information content (AvgIpc) is 2.67. The molecule has 3 rings (SSSR count). The van der Waals surface area contributed by atoms with Gasteiger partial charge in [0.25, 0.3) is 5.91 Å². The zero-order valence-electron chi connectivity index (χ0n) is 15.5. The number of nitrogens with zero attached hydrogens (tertiary/aromatic N) is 2. The molecule has 5 heteroatoms. The topological polar surface area (TPSA) is 44.8 Å². The number of piperidine rings is 1. The first-order valence-corrected chi connectivity index (χ1v) is 9.51. The number of rotatable bonds is 5. The summed E-state index contributed by atoms with van der Waals surface area (Å²) in [5, 5.41) is 3.13. The van der Waals surface area contributed by atoms with E-state index in [0.29, 0.717) is 12.0 Å². The lowest BCUT2D eigenvalue weighted by atomic mass is 9.94. The first kappa shape index (κ1) is 18.2. The number of hydrogen-bond acceptors (Lipinski definition) is 4. The number of nitrogens with one attached hydrogen (secondary N) is 1. The number of carbonyl (C=O) groups is 1. The molecule has 1 aromatic carbocycles. The van der Waals surface area contributed by atoms with Gasteiger partial charge in [-0.1, -0.05) is 6.07 Å². The number of likely N-dealkylation sites (tertiary alicyclic amines) is 1. The minimum absolute atomic E-state index is 0.0376. The second kappa shape index (κ2) is 8.68. The second-order valence-electron chi connectivity index (χ2n) is 7.48. The van der Waals surface area contributed by atoms with Crippen molar-refractivity contribution in [1.82, 2.24) is 10.2 Å². The summed E-state index contributed by atoms with van der Waals surface area (Å²) in [7, 11) is 3.98. The highest BCUT2D eigenvalue weighted by atomic mass is 16.5. The van der Waals surface area contributed by atoms with Crippen LogP contribution >= 0.6 is 0 Å². The number of hydrogen-bond donors (Lipinski definition) is 1. The largest absolute Gasteiger partial charge is 0.381 e. The molecule has 25 heavy (non-hydrogen) atoms. The smallest absolute Gasteiger partial charge is 0.251 e. The van der Waals surface area contributed by atoms with Crippen LogP contribution in [0.25, 0.3) is 0 Å². The van der Waals surface area contributed by atoms with E-state index in [9.17, 15) is 4.79 Å². The molecule has 2 heterocycles. The number of carbonyl (C=O) groups excluding carboxylic acids is 1. The maximum Gasteiger partial charge on any atom is 0.251 e. The van der Waals surface area contributed by atoms with Crippen molar-refractivity contribution in [3.63, 3.8) is 0 Å². The van der Waals surface area contributed by atoms with Gasteiger partial charge in [0.2, 0.25) is 0 Å². The van der Waals surface area contributed by atoms with Crippen LogP contribution in [0.5, 0.6) is 0 Å². The van der Waals surface area contributed by atoms with Gasteiger partial charge in [-0.25, -0.2) is 0 Å². The summed E-state index contributed by atoms with van der Waals surface area (Å²) in [5.74, 6) is 0.632. The Morgan fingerprint density at radius 3 is 2.60 bits per heavy atom. The molecule has 1 N–H and O–H groups in total. The van der Waals surface area contributed by atoms with Crippen molar-refractivity contribution in [2.24, 2.45) is 5.92 Å². The SMILES string of the molecule is CN(C)c1cccc(C(=O)NCC2CCN(C3CCOCC3)CC2)c1. The fourth-order valence-corrected chi connectivity index (χ4v) is 3.84. The van der Waals surface area contributed by atoms with E-state index in [0.717, 1.165) is 44.1 Å². The monoisotopic (exact) mass is 345 g/mol. The van der Waals surface area contributed by atoms with Crippen molar-refractivity contribution in [2.75, 3.05) is 51.8 Å². The number of anilines is 1. The lowest BCUT2D eigenvalue weighted by molar-refractivity contribution is 0.0211. The normalized spacial score (nSPS) is 20.4. The maximum absolute atomic E-state index is 12.4. The highest BCUT2D eigenvalue weighted by Crippen LogP contribution is 2.23. The molecule has 0 bridgehead atoms. The zero-order chi connectivity index (χ0) is 17.6. The Hall–Kier alpha value is -1.59. The highest BCUT2D eigenvalue weighted by Gasteiger charge is 2.26. The Kier molecular flexibility index (Phi) is 6.32. The Balaban J connectivity index is 1.43. The molecule has 1 amide bonds. The summed E-state index contributed by atoms with van der Waals surface area (Å²) in [6.07, 6.45) is 4.69. The van der Waals surface area contributed by atoms with Crippen molar-refractivity contribution in [2.45, 2.75) is 31.7 Å². The summed E-state index contributed by atoms with van der Waals surface area (Å²) in [4.78, 5) is 17.1. The Bertz CT molecular complexity index is 562. The molecule has 0 aromatic heterocycles. The van der Waals surface area contributed by atoms with Crippen molar-refractivity contribution in [3.8, 4) is 0 Å². The summed E-state index contributed by atoms with van der Waals surface area (Å²) >= 11 is 0. The van der Waals surface area contributed by atoms with Gasteiger partial charge >= 0.3 is 0 Å². The average molecular weight is 345 g/mol. The van der Waals surface area contributed by atoms with Crippen LogP contribution < -0.4 is 10.2 Å². The Morgan fingerprint density at radius 2 is 1.92 bits per heavy atom. The van der Waals surface area contributed by atoms with Gasteiger partial charge in [-0.2, -0.15) is 0 Å². The molecule has 1 aromatic rings. The molecule has 0 radical (unpaired) electrons. The molecule has 0 atom stereocenters. The van der Waals surface area contributed by atoms with E-state index < -0.39 is 0 Å². The minimum Gasteiger partial charge on any atom is -0.381 e. The van der Waals surface area contributed by atoms with Gasteiger partial charge in [-0.3, -0.25) is 4.79 Å². The van der Waals surface area contributed by atoms with Gasteiger partial charge < -0.3 is 19.9 Å². The van der Waals surface area contributed by atoms with Crippen LogP contribution in [0, 0.1) is 5.92 Å². The highest BCUT2D eigenvalue weighted by molar-refractivity contribution is 5.95. The van der Waals surface area contributed by atoms with Crippen LogP contribution in [0.3, 0.4) is 0 Å². The fraction of sp³-hybridized carbons (Fsp3) is 0.650. The molecule has 5 nitrogen and oxygen atoms in total. The minimum atomic E-state index is 0.0376. The van der Waals surface area contributed by atoms with Crippen molar-refractivity contribution in [1.29, 1.82) is 0 Å².